The predicted octanol–water partition coefficient (Wildman–Crippen LogP) is 2.40. The highest BCUT2D eigenvalue weighted by atomic mass is 19.1. The van der Waals surface area contributed by atoms with Crippen LogP contribution in [0.5, 0.6) is 0 Å². The van der Waals surface area contributed by atoms with Crippen molar-refractivity contribution in [2.24, 2.45) is 0 Å². The Balaban J connectivity index is 2.19. The minimum atomic E-state index is -0.149. The number of hydrogen-bond acceptors (Lipinski definition) is 2. The zero-order valence-corrected chi connectivity index (χ0v) is 11.4. The third-order valence-corrected chi connectivity index (χ3v) is 4.23. The number of nitrogens with one attached hydrogen (secondary N) is 1. The fourth-order valence-corrected chi connectivity index (χ4v) is 3.01. The Labute approximate surface area is 109 Å². The van der Waals surface area contributed by atoms with Gasteiger partial charge in [0.2, 0.25) is 0 Å². The molecule has 18 heavy (non-hydrogen) atoms. The maximum absolute atomic E-state index is 13.1. The number of hydrogen-bond donors (Lipinski definition) is 1. The lowest BCUT2D eigenvalue weighted by atomic mass is 9.72. The van der Waals surface area contributed by atoms with Crippen LogP contribution in [0.15, 0.2) is 24.3 Å². The van der Waals surface area contributed by atoms with Gasteiger partial charge in [0.1, 0.15) is 5.82 Å². The molecule has 0 radical (unpaired) electrons. The normalized spacial score (nSPS) is 19.9. The first-order chi connectivity index (χ1) is 8.70. The van der Waals surface area contributed by atoms with Gasteiger partial charge in [0.25, 0.3) is 0 Å². The van der Waals surface area contributed by atoms with Gasteiger partial charge in [-0.3, -0.25) is 0 Å². The van der Waals surface area contributed by atoms with Crippen LogP contribution in [0.3, 0.4) is 0 Å². The molecule has 1 N–H and O–H groups in total. The zero-order valence-electron chi connectivity index (χ0n) is 11.4. The number of nitrogens with zero attached hydrogens (tertiary/aromatic N) is 1. The molecule has 0 atom stereocenters. The van der Waals surface area contributed by atoms with E-state index in [-0.39, 0.29) is 11.2 Å². The first kappa shape index (κ1) is 13.5. The summed E-state index contributed by atoms with van der Waals surface area (Å²) >= 11 is 0. The quantitative estimate of drug-likeness (QED) is 0.882. The van der Waals surface area contributed by atoms with Crippen LogP contribution in [0.2, 0.25) is 0 Å². The summed E-state index contributed by atoms with van der Waals surface area (Å²) in [4.78, 5) is 2.48. The van der Waals surface area contributed by atoms with E-state index in [9.17, 15) is 4.39 Å². The van der Waals surface area contributed by atoms with Crippen molar-refractivity contribution < 1.29 is 4.39 Å². The molecule has 0 bridgehead atoms. The summed E-state index contributed by atoms with van der Waals surface area (Å²) < 4.78 is 13.1. The van der Waals surface area contributed by atoms with Crippen molar-refractivity contribution in [3.05, 3.63) is 35.6 Å². The second-order valence-electron chi connectivity index (χ2n) is 5.25. The highest BCUT2D eigenvalue weighted by Crippen LogP contribution is 2.35. The molecular formula is C15H23FN2. The molecule has 1 aromatic carbocycles. The standard InChI is InChI=1S/C15H23FN2/c1-3-18-10-8-15(9-11-18,12-17-2)13-4-6-14(16)7-5-13/h4-7,17H,3,8-12H2,1-2H3. The van der Waals surface area contributed by atoms with Crippen molar-refractivity contribution in [3.63, 3.8) is 0 Å². The molecule has 1 aliphatic rings. The third-order valence-electron chi connectivity index (χ3n) is 4.23. The first-order valence-electron chi connectivity index (χ1n) is 6.83. The second kappa shape index (κ2) is 5.81. The van der Waals surface area contributed by atoms with Crippen molar-refractivity contribution in [2.75, 3.05) is 33.2 Å². The van der Waals surface area contributed by atoms with E-state index < -0.39 is 0 Å². The van der Waals surface area contributed by atoms with E-state index in [4.69, 9.17) is 0 Å². The Morgan fingerprint density at radius 2 is 1.83 bits per heavy atom. The summed E-state index contributed by atoms with van der Waals surface area (Å²) in [6.45, 7) is 6.57. The first-order valence-corrected chi connectivity index (χ1v) is 6.83. The molecule has 0 saturated carbocycles. The SMILES string of the molecule is CCN1CCC(CNC)(c2ccc(F)cc2)CC1. The molecule has 0 aliphatic carbocycles. The highest BCUT2D eigenvalue weighted by molar-refractivity contribution is 5.27. The van der Waals surface area contributed by atoms with Crippen molar-refractivity contribution in [2.45, 2.75) is 25.2 Å². The summed E-state index contributed by atoms with van der Waals surface area (Å²) in [5.74, 6) is -0.149. The molecule has 1 aromatic rings. The molecule has 2 rings (SSSR count). The summed E-state index contributed by atoms with van der Waals surface area (Å²) in [7, 11) is 2.00. The summed E-state index contributed by atoms with van der Waals surface area (Å²) in [6, 6.07) is 7.07. The number of piperidine rings is 1. The third kappa shape index (κ3) is 2.73. The van der Waals surface area contributed by atoms with E-state index in [1.54, 1.807) is 12.1 Å². The van der Waals surface area contributed by atoms with Crippen molar-refractivity contribution in [1.82, 2.24) is 10.2 Å². The van der Waals surface area contributed by atoms with Gasteiger partial charge in [0.05, 0.1) is 0 Å². The maximum atomic E-state index is 13.1. The summed E-state index contributed by atoms with van der Waals surface area (Å²) in [6.07, 6.45) is 2.29. The maximum Gasteiger partial charge on any atom is 0.123 e. The average Bonchev–Trinajstić information content (AvgIpc) is 2.40. The molecule has 100 valence electrons. The van der Waals surface area contributed by atoms with Gasteiger partial charge in [0.15, 0.2) is 0 Å². The Hall–Kier alpha value is -0.930. The van der Waals surface area contributed by atoms with Gasteiger partial charge in [0, 0.05) is 12.0 Å². The Kier molecular flexibility index (Phi) is 4.36. The monoisotopic (exact) mass is 250 g/mol. The number of halogens is 1. The fraction of sp³-hybridized carbons (Fsp3) is 0.600. The van der Waals surface area contributed by atoms with Crippen LogP contribution in [0.1, 0.15) is 25.3 Å². The highest BCUT2D eigenvalue weighted by Gasteiger charge is 2.35. The predicted molar refractivity (Wildman–Crippen MR) is 73.4 cm³/mol. The molecule has 1 aliphatic heterocycles. The van der Waals surface area contributed by atoms with E-state index in [2.05, 4.69) is 17.1 Å². The van der Waals surface area contributed by atoms with Gasteiger partial charge in [-0.2, -0.15) is 0 Å². The molecule has 3 heteroatoms. The lowest BCUT2D eigenvalue weighted by molar-refractivity contribution is 0.164. The molecule has 1 saturated heterocycles. The number of likely N-dealkylation sites (tertiary alicyclic amines) is 1. The lowest BCUT2D eigenvalue weighted by Crippen LogP contribution is -2.47. The minimum absolute atomic E-state index is 0.149. The molecule has 1 fully saturated rings. The van der Waals surface area contributed by atoms with Crippen molar-refractivity contribution >= 4 is 0 Å². The van der Waals surface area contributed by atoms with E-state index in [1.807, 2.05) is 19.2 Å². The van der Waals surface area contributed by atoms with Crippen LogP contribution in [0, 0.1) is 5.82 Å². The topological polar surface area (TPSA) is 15.3 Å². The Morgan fingerprint density at radius 3 is 2.33 bits per heavy atom. The van der Waals surface area contributed by atoms with E-state index in [0.717, 1.165) is 39.0 Å². The molecular weight excluding hydrogens is 227 g/mol. The van der Waals surface area contributed by atoms with Crippen LogP contribution in [-0.4, -0.2) is 38.1 Å². The molecule has 0 unspecified atom stereocenters. The Bertz CT molecular complexity index is 367. The van der Waals surface area contributed by atoms with E-state index >= 15 is 0 Å². The molecule has 1 heterocycles. The van der Waals surface area contributed by atoms with Gasteiger partial charge in [-0.05, 0) is 57.2 Å². The zero-order chi connectivity index (χ0) is 13.0. The molecule has 0 spiro atoms. The number of likely N-dealkylation sites (N-methyl/N-ethyl adjacent to an activating group) is 1. The van der Waals surface area contributed by atoms with Gasteiger partial charge in [-0.15, -0.1) is 0 Å². The smallest absolute Gasteiger partial charge is 0.123 e. The molecule has 2 nitrogen and oxygen atoms in total. The minimum Gasteiger partial charge on any atom is -0.319 e. The number of benzene rings is 1. The fourth-order valence-electron chi connectivity index (χ4n) is 3.01. The lowest BCUT2D eigenvalue weighted by Gasteiger charge is -2.42. The Morgan fingerprint density at radius 1 is 1.22 bits per heavy atom. The van der Waals surface area contributed by atoms with Crippen LogP contribution in [-0.2, 0) is 5.41 Å². The van der Waals surface area contributed by atoms with Crippen molar-refractivity contribution in [1.29, 1.82) is 0 Å². The second-order valence-corrected chi connectivity index (χ2v) is 5.25. The van der Waals surface area contributed by atoms with Crippen molar-refractivity contribution in [3.8, 4) is 0 Å². The van der Waals surface area contributed by atoms with E-state index in [0.29, 0.717) is 0 Å². The van der Waals surface area contributed by atoms with Crippen LogP contribution >= 0.6 is 0 Å². The summed E-state index contributed by atoms with van der Waals surface area (Å²) in [5.41, 5.74) is 1.45. The van der Waals surface area contributed by atoms with Crippen LogP contribution in [0.4, 0.5) is 4.39 Å². The van der Waals surface area contributed by atoms with Gasteiger partial charge in [-0.1, -0.05) is 19.1 Å². The average molecular weight is 250 g/mol. The molecule has 0 aromatic heterocycles. The largest absolute Gasteiger partial charge is 0.319 e. The van der Waals surface area contributed by atoms with Crippen LogP contribution < -0.4 is 5.32 Å². The van der Waals surface area contributed by atoms with Crippen LogP contribution in [0.25, 0.3) is 0 Å². The summed E-state index contributed by atoms with van der Waals surface area (Å²) in [5, 5.41) is 3.31. The van der Waals surface area contributed by atoms with E-state index in [1.165, 1.54) is 5.56 Å². The molecule has 0 amide bonds. The van der Waals surface area contributed by atoms with Gasteiger partial charge >= 0.3 is 0 Å². The van der Waals surface area contributed by atoms with Gasteiger partial charge < -0.3 is 10.2 Å². The van der Waals surface area contributed by atoms with Gasteiger partial charge in [-0.25, -0.2) is 4.39 Å². The number of rotatable bonds is 4.